The number of hydrogen-bond acceptors (Lipinski definition) is 3. The molecule has 0 fully saturated rings. The largest absolute Gasteiger partial charge is 0.304 e. The van der Waals surface area contributed by atoms with E-state index >= 15 is 0 Å². The molecule has 2 aliphatic heterocycles. The summed E-state index contributed by atoms with van der Waals surface area (Å²) in [4.78, 5) is 10.3. The summed E-state index contributed by atoms with van der Waals surface area (Å²) in [6, 6.07) is 33.2. The summed E-state index contributed by atoms with van der Waals surface area (Å²) in [6.07, 6.45) is 18.8. The first kappa shape index (κ1) is 28.2. The summed E-state index contributed by atoms with van der Waals surface area (Å²) in [7, 11) is 0. The van der Waals surface area contributed by atoms with E-state index in [1.165, 1.54) is 27.8 Å². The standard InChI is InChI=1S/C41H39N3/c1-28-16-18-32(19-17-28)41-26-35(25-40(44-41)31-13-7-4-8-14-31)34-22-36(24-37(23-34)39-15-9-10-29(2)43-39)38-21-20-33(27-42-38)30-11-5-3-6-12-30/h3-14,16,18-25,27-29,39,41,43H,15,17,26H2,1-2H3. The van der Waals surface area contributed by atoms with Gasteiger partial charge < -0.3 is 5.32 Å². The Morgan fingerprint density at radius 3 is 2.20 bits per heavy atom. The highest BCUT2D eigenvalue weighted by atomic mass is 14.9. The number of nitrogens with zero attached hydrogens (tertiary/aromatic N) is 2. The number of aromatic nitrogens is 1. The molecule has 0 spiro atoms. The Hall–Kier alpha value is -4.60. The number of pyridine rings is 1. The van der Waals surface area contributed by atoms with Crippen LogP contribution in [0.3, 0.4) is 0 Å². The Balaban J connectivity index is 1.31. The van der Waals surface area contributed by atoms with Gasteiger partial charge in [0.05, 0.1) is 17.4 Å². The fourth-order valence-electron chi connectivity index (χ4n) is 6.48. The minimum Gasteiger partial charge on any atom is -0.304 e. The normalized spacial score (nSPS) is 23.1. The van der Waals surface area contributed by atoms with Crippen molar-refractivity contribution in [1.29, 1.82) is 0 Å². The van der Waals surface area contributed by atoms with E-state index in [9.17, 15) is 0 Å². The molecule has 218 valence electrons. The van der Waals surface area contributed by atoms with Gasteiger partial charge in [-0.25, -0.2) is 0 Å². The quantitative estimate of drug-likeness (QED) is 0.233. The van der Waals surface area contributed by atoms with Crippen molar-refractivity contribution in [2.24, 2.45) is 10.9 Å². The number of rotatable bonds is 6. The summed E-state index contributed by atoms with van der Waals surface area (Å²) < 4.78 is 0. The van der Waals surface area contributed by atoms with Gasteiger partial charge in [0.15, 0.2) is 0 Å². The molecule has 1 aromatic heterocycles. The molecule has 1 N–H and O–H groups in total. The monoisotopic (exact) mass is 573 g/mol. The van der Waals surface area contributed by atoms with Gasteiger partial charge in [0, 0.05) is 29.4 Å². The fraction of sp³-hybridized carbons (Fsp3) is 0.220. The average molecular weight is 574 g/mol. The van der Waals surface area contributed by atoms with Crippen LogP contribution in [-0.2, 0) is 0 Å². The molecule has 0 saturated carbocycles. The zero-order chi connectivity index (χ0) is 29.9. The third-order valence-corrected chi connectivity index (χ3v) is 8.97. The van der Waals surface area contributed by atoms with Crippen LogP contribution in [0.5, 0.6) is 0 Å². The van der Waals surface area contributed by atoms with Gasteiger partial charge in [-0.1, -0.05) is 104 Å². The fourth-order valence-corrected chi connectivity index (χ4v) is 6.48. The van der Waals surface area contributed by atoms with Crippen LogP contribution in [0.15, 0.2) is 144 Å². The second-order valence-corrected chi connectivity index (χ2v) is 12.4. The van der Waals surface area contributed by atoms with E-state index in [-0.39, 0.29) is 12.1 Å². The molecule has 0 bridgehead atoms. The summed E-state index contributed by atoms with van der Waals surface area (Å²) in [5.41, 5.74) is 11.8. The smallest absolute Gasteiger partial charge is 0.0793 e. The predicted molar refractivity (Wildman–Crippen MR) is 185 cm³/mol. The maximum atomic E-state index is 5.30. The van der Waals surface area contributed by atoms with Gasteiger partial charge in [-0.3, -0.25) is 9.98 Å². The van der Waals surface area contributed by atoms with Crippen molar-refractivity contribution in [2.45, 2.75) is 51.2 Å². The number of aliphatic imine (C=N–C) groups is 1. The Bertz CT molecular complexity index is 1780. The number of allylic oxidation sites excluding steroid dienone is 3. The average Bonchev–Trinajstić information content (AvgIpc) is 3.09. The molecule has 4 atom stereocenters. The third kappa shape index (κ3) is 6.20. The maximum Gasteiger partial charge on any atom is 0.0793 e. The van der Waals surface area contributed by atoms with Gasteiger partial charge >= 0.3 is 0 Å². The molecule has 44 heavy (non-hydrogen) atoms. The molecule has 0 amide bonds. The third-order valence-electron chi connectivity index (χ3n) is 8.97. The van der Waals surface area contributed by atoms with Crippen molar-refractivity contribution in [3.05, 3.63) is 156 Å². The molecule has 3 aliphatic rings. The van der Waals surface area contributed by atoms with Crippen LogP contribution in [0.25, 0.3) is 28.0 Å². The van der Waals surface area contributed by atoms with Crippen molar-refractivity contribution in [3.63, 3.8) is 0 Å². The molecule has 3 aromatic carbocycles. The topological polar surface area (TPSA) is 37.3 Å². The number of hydrogen-bond donors (Lipinski definition) is 1. The van der Waals surface area contributed by atoms with Crippen LogP contribution in [0.1, 0.15) is 55.8 Å². The van der Waals surface area contributed by atoms with Gasteiger partial charge in [0.2, 0.25) is 0 Å². The molecular formula is C41H39N3. The molecule has 3 nitrogen and oxygen atoms in total. The Kier molecular flexibility index (Phi) is 8.04. The lowest BCUT2D eigenvalue weighted by atomic mass is 9.85. The van der Waals surface area contributed by atoms with Crippen LogP contribution < -0.4 is 5.32 Å². The summed E-state index contributed by atoms with van der Waals surface area (Å²) in [5, 5.41) is 3.80. The lowest BCUT2D eigenvalue weighted by Crippen LogP contribution is -2.31. The second-order valence-electron chi connectivity index (χ2n) is 12.4. The summed E-state index contributed by atoms with van der Waals surface area (Å²) in [5.74, 6) is 0.578. The van der Waals surface area contributed by atoms with E-state index in [0.717, 1.165) is 47.4 Å². The first-order valence-corrected chi connectivity index (χ1v) is 15.9. The number of dihydropyridines is 1. The van der Waals surface area contributed by atoms with E-state index in [1.54, 1.807) is 0 Å². The van der Waals surface area contributed by atoms with E-state index < -0.39 is 0 Å². The van der Waals surface area contributed by atoms with E-state index in [4.69, 9.17) is 9.98 Å². The SMILES string of the molecule is CC1C=CC(C2CC(c3cc(-c4ccc(-c5ccccc5)cn4)cc(C4CC=CC(C)N4)c3)=CC(c3ccccc3)=N2)=CC1. The number of benzene rings is 3. The van der Waals surface area contributed by atoms with Crippen LogP contribution in [0.4, 0.5) is 0 Å². The molecule has 1 aliphatic carbocycles. The van der Waals surface area contributed by atoms with Crippen molar-refractivity contribution in [2.75, 3.05) is 0 Å². The van der Waals surface area contributed by atoms with Crippen LogP contribution in [0, 0.1) is 5.92 Å². The van der Waals surface area contributed by atoms with Crippen molar-refractivity contribution >= 4 is 11.3 Å². The molecule has 4 unspecified atom stereocenters. The van der Waals surface area contributed by atoms with Gasteiger partial charge in [0.1, 0.15) is 0 Å². The van der Waals surface area contributed by atoms with Crippen molar-refractivity contribution < 1.29 is 0 Å². The first-order chi connectivity index (χ1) is 21.6. The van der Waals surface area contributed by atoms with Crippen molar-refractivity contribution in [1.82, 2.24) is 10.3 Å². The molecular weight excluding hydrogens is 534 g/mol. The van der Waals surface area contributed by atoms with Gasteiger partial charge in [0.25, 0.3) is 0 Å². The van der Waals surface area contributed by atoms with Crippen LogP contribution in [-0.4, -0.2) is 22.8 Å². The molecule has 4 aromatic rings. The number of nitrogens with one attached hydrogen (secondary N) is 1. The zero-order valence-electron chi connectivity index (χ0n) is 25.5. The van der Waals surface area contributed by atoms with Crippen molar-refractivity contribution in [3.8, 4) is 22.4 Å². The Morgan fingerprint density at radius 2 is 1.50 bits per heavy atom. The summed E-state index contributed by atoms with van der Waals surface area (Å²) in [6.45, 7) is 4.50. The molecule has 7 rings (SSSR count). The Labute approximate surface area is 261 Å². The van der Waals surface area contributed by atoms with Gasteiger partial charge in [-0.05, 0) is 95.8 Å². The maximum absolute atomic E-state index is 5.30. The molecule has 3 heteroatoms. The highest BCUT2D eigenvalue weighted by molar-refractivity contribution is 6.13. The highest BCUT2D eigenvalue weighted by Crippen LogP contribution is 2.36. The first-order valence-electron chi connectivity index (χ1n) is 15.9. The van der Waals surface area contributed by atoms with E-state index in [1.807, 2.05) is 12.3 Å². The van der Waals surface area contributed by atoms with Gasteiger partial charge in [-0.15, -0.1) is 0 Å². The van der Waals surface area contributed by atoms with E-state index in [2.05, 4.69) is 141 Å². The Morgan fingerprint density at radius 1 is 0.727 bits per heavy atom. The minimum absolute atomic E-state index is 0.0973. The minimum atomic E-state index is 0.0973. The lowest BCUT2D eigenvalue weighted by molar-refractivity contribution is 0.485. The molecule has 0 radical (unpaired) electrons. The summed E-state index contributed by atoms with van der Waals surface area (Å²) >= 11 is 0. The van der Waals surface area contributed by atoms with Crippen LogP contribution >= 0.6 is 0 Å². The van der Waals surface area contributed by atoms with Crippen LogP contribution in [0.2, 0.25) is 0 Å². The second kappa shape index (κ2) is 12.6. The molecule has 3 heterocycles. The zero-order valence-corrected chi connectivity index (χ0v) is 25.5. The van der Waals surface area contributed by atoms with Gasteiger partial charge in [-0.2, -0.15) is 0 Å². The highest BCUT2D eigenvalue weighted by Gasteiger charge is 2.24. The lowest BCUT2D eigenvalue weighted by Gasteiger charge is -2.28. The molecule has 0 saturated heterocycles. The predicted octanol–water partition coefficient (Wildman–Crippen LogP) is 9.56. The van der Waals surface area contributed by atoms with E-state index in [0.29, 0.717) is 12.0 Å².